The second-order valence-corrected chi connectivity index (χ2v) is 5.93. The largest absolute Gasteiger partial charge is 0.335 e. The summed E-state index contributed by atoms with van der Waals surface area (Å²) in [5.41, 5.74) is -0.244. The summed E-state index contributed by atoms with van der Waals surface area (Å²) < 4.78 is 0. The van der Waals surface area contributed by atoms with E-state index >= 15 is 0 Å². The number of carbonyl (C=O) groups excluding carboxylic acids is 2. The van der Waals surface area contributed by atoms with Gasteiger partial charge in [-0.05, 0) is 18.3 Å². The molecule has 1 unspecified atom stereocenters. The van der Waals surface area contributed by atoms with Crippen LogP contribution in [0, 0.1) is 5.41 Å². The Bertz CT molecular complexity index is 265. The van der Waals surface area contributed by atoms with Gasteiger partial charge in [-0.1, -0.05) is 40.0 Å². The van der Waals surface area contributed by atoms with Crippen molar-refractivity contribution in [1.82, 2.24) is 10.6 Å². The first-order valence-electron chi connectivity index (χ1n) is 6.46. The Morgan fingerprint density at radius 2 is 1.82 bits per heavy atom. The van der Waals surface area contributed by atoms with Crippen molar-refractivity contribution in [1.29, 1.82) is 0 Å². The SMILES string of the molecule is CC(C)(C)C(C=O)NC(=O)NC1CCCCC1. The van der Waals surface area contributed by atoms with Crippen LogP contribution < -0.4 is 10.6 Å². The molecule has 4 nitrogen and oxygen atoms in total. The number of amides is 2. The van der Waals surface area contributed by atoms with E-state index in [0.29, 0.717) is 0 Å². The molecule has 17 heavy (non-hydrogen) atoms. The van der Waals surface area contributed by atoms with E-state index in [9.17, 15) is 9.59 Å². The van der Waals surface area contributed by atoms with Crippen LogP contribution in [-0.4, -0.2) is 24.4 Å². The first-order chi connectivity index (χ1) is 7.93. The molecule has 0 radical (unpaired) electrons. The molecular weight excluding hydrogens is 216 g/mol. The predicted octanol–water partition coefficient (Wildman–Crippen LogP) is 2.23. The highest BCUT2D eigenvalue weighted by molar-refractivity contribution is 5.78. The molecule has 0 aromatic carbocycles. The van der Waals surface area contributed by atoms with Crippen LogP contribution in [0.1, 0.15) is 52.9 Å². The van der Waals surface area contributed by atoms with E-state index in [4.69, 9.17) is 0 Å². The number of hydrogen-bond donors (Lipinski definition) is 2. The van der Waals surface area contributed by atoms with E-state index in [1.54, 1.807) is 0 Å². The van der Waals surface area contributed by atoms with Gasteiger partial charge in [-0.2, -0.15) is 0 Å². The number of hydrogen-bond acceptors (Lipinski definition) is 2. The molecule has 1 saturated carbocycles. The monoisotopic (exact) mass is 240 g/mol. The minimum Gasteiger partial charge on any atom is -0.335 e. The zero-order valence-corrected chi connectivity index (χ0v) is 11.1. The van der Waals surface area contributed by atoms with E-state index in [0.717, 1.165) is 19.1 Å². The number of urea groups is 1. The van der Waals surface area contributed by atoms with Gasteiger partial charge in [-0.15, -0.1) is 0 Å². The normalized spacial score (nSPS) is 19.5. The molecule has 0 spiro atoms. The first-order valence-corrected chi connectivity index (χ1v) is 6.46. The molecule has 1 rings (SSSR count). The summed E-state index contributed by atoms with van der Waals surface area (Å²) in [5, 5.41) is 5.68. The molecule has 1 fully saturated rings. The highest BCUT2D eigenvalue weighted by Gasteiger charge is 2.26. The van der Waals surface area contributed by atoms with Gasteiger partial charge in [0.25, 0.3) is 0 Å². The molecule has 0 saturated heterocycles. The first kappa shape index (κ1) is 14.0. The van der Waals surface area contributed by atoms with Crippen LogP contribution in [0.3, 0.4) is 0 Å². The average Bonchev–Trinajstić information content (AvgIpc) is 2.25. The van der Waals surface area contributed by atoms with Crippen LogP contribution in [0.4, 0.5) is 4.79 Å². The molecular formula is C13H24N2O2. The fourth-order valence-electron chi connectivity index (χ4n) is 2.07. The fraction of sp³-hybridized carbons (Fsp3) is 0.846. The Labute approximate surface area is 104 Å². The molecule has 0 aromatic rings. The van der Waals surface area contributed by atoms with Gasteiger partial charge < -0.3 is 15.4 Å². The Morgan fingerprint density at radius 1 is 1.24 bits per heavy atom. The molecule has 4 heteroatoms. The quantitative estimate of drug-likeness (QED) is 0.743. The Hall–Kier alpha value is -1.06. The van der Waals surface area contributed by atoms with Crippen molar-refractivity contribution < 1.29 is 9.59 Å². The molecule has 0 bridgehead atoms. The van der Waals surface area contributed by atoms with Crippen LogP contribution in [0.15, 0.2) is 0 Å². The lowest BCUT2D eigenvalue weighted by molar-refractivity contribution is -0.111. The molecule has 1 atom stereocenters. The second-order valence-electron chi connectivity index (χ2n) is 5.93. The van der Waals surface area contributed by atoms with E-state index < -0.39 is 6.04 Å². The molecule has 0 heterocycles. The third-order valence-electron chi connectivity index (χ3n) is 3.30. The maximum Gasteiger partial charge on any atom is 0.315 e. The highest BCUT2D eigenvalue weighted by atomic mass is 16.2. The molecule has 1 aliphatic carbocycles. The zero-order chi connectivity index (χ0) is 12.9. The zero-order valence-electron chi connectivity index (χ0n) is 11.1. The second kappa shape index (κ2) is 6.03. The highest BCUT2D eigenvalue weighted by Crippen LogP contribution is 2.19. The maximum atomic E-state index is 11.7. The van der Waals surface area contributed by atoms with E-state index in [-0.39, 0.29) is 17.5 Å². The minimum atomic E-state index is -0.439. The number of nitrogens with one attached hydrogen (secondary N) is 2. The van der Waals surface area contributed by atoms with Crippen LogP contribution in [0.5, 0.6) is 0 Å². The van der Waals surface area contributed by atoms with Gasteiger partial charge >= 0.3 is 6.03 Å². The molecule has 1 aliphatic rings. The third-order valence-corrected chi connectivity index (χ3v) is 3.30. The summed E-state index contributed by atoms with van der Waals surface area (Å²) in [6.45, 7) is 5.81. The van der Waals surface area contributed by atoms with Gasteiger partial charge in [-0.25, -0.2) is 4.79 Å². The maximum absolute atomic E-state index is 11.7. The summed E-state index contributed by atoms with van der Waals surface area (Å²) in [6, 6.07) is -0.383. The summed E-state index contributed by atoms with van der Waals surface area (Å²) in [6.07, 6.45) is 6.53. The smallest absolute Gasteiger partial charge is 0.315 e. The summed E-state index contributed by atoms with van der Waals surface area (Å²) in [4.78, 5) is 22.7. The molecule has 2 amide bonds. The predicted molar refractivity (Wildman–Crippen MR) is 67.8 cm³/mol. The van der Waals surface area contributed by atoms with Crippen molar-refractivity contribution >= 4 is 12.3 Å². The Balaban J connectivity index is 2.39. The van der Waals surface area contributed by atoms with Crippen molar-refractivity contribution in [3.63, 3.8) is 0 Å². The minimum absolute atomic E-state index is 0.219. The van der Waals surface area contributed by atoms with Crippen molar-refractivity contribution in [2.45, 2.75) is 65.0 Å². The van der Waals surface area contributed by atoms with Crippen molar-refractivity contribution in [3.05, 3.63) is 0 Å². The number of carbonyl (C=O) groups is 2. The van der Waals surface area contributed by atoms with E-state index in [1.807, 2.05) is 20.8 Å². The van der Waals surface area contributed by atoms with Crippen molar-refractivity contribution in [3.8, 4) is 0 Å². The lowest BCUT2D eigenvalue weighted by Crippen LogP contribution is -2.51. The van der Waals surface area contributed by atoms with Crippen LogP contribution in [0.2, 0.25) is 0 Å². The molecule has 2 N–H and O–H groups in total. The lowest BCUT2D eigenvalue weighted by atomic mass is 9.88. The Kier molecular flexibility index (Phi) is 4.97. The van der Waals surface area contributed by atoms with Gasteiger partial charge in [0.2, 0.25) is 0 Å². The van der Waals surface area contributed by atoms with Gasteiger partial charge in [0.05, 0.1) is 6.04 Å². The Morgan fingerprint density at radius 3 is 2.29 bits per heavy atom. The summed E-state index contributed by atoms with van der Waals surface area (Å²) in [7, 11) is 0. The number of aldehydes is 1. The third kappa shape index (κ3) is 4.75. The van der Waals surface area contributed by atoms with Crippen molar-refractivity contribution in [2.24, 2.45) is 5.41 Å². The molecule has 98 valence electrons. The van der Waals surface area contributed by atoms with Gasteiger partial charge in [0, 0.05) is 6.04 Å². The lowest BCUT2D eigenvalue weighted by Gasteiger charge is -2.29. The van der Waals surface area contributed by atoms with E-state index in [1.165, 1.54) is 19.3 Å². The average molecular weight is 240 g/mol. The molecule has 0 aliphatic heterocycles. The fourth-order valence-corrected chi connectivity index (χ4v) is 2.07. The molecule has 0 aromatic heterocycles. The van der Waals surface area contributed by atoms with Crippen LogP contribution >= 0.6 is 0 Å². The summed E-state index contributed by atoms with van der Waals surface area (Å²) >= 11 is 0. The van der Waals surface area contributed by atoms with Crippen molar-refractivity contribution in [2.75, 3.05) is 0 Å². The van der Waals surface area contributed by atoms with Gasteiger partial charge in [-0.3, -0.25) is 0 Å². The van der Waals surface area contributed by atoms with Crippen LogP contribution in [-0.2, 0) is 4.79 Å². The number of rotatable bonds is 3. The van der Waals surface area contributed by atoms with Gasteiger partial charge in [0.15, 0.2) is 0 Å². The van der Waals surface area contributed by atoms with Crippen LogP contribution in [0.25, 0.3) is 0 Å². The topological polar surface area (TPSA) is 58.2 Å². The summed E-state index contributed by atoms with van der Waals surface area (Å²) in [5.74, 6) is 0. The van der Waals surface area contributed by atoms with E-state index in [2.05, 4.69) is 10.6 Å². The standard InChI is InChI=1S/C13H24N2O2/c1-13(2,3)11(9-16)15-12(17)14-10-7-5-4-6-8-10/h9-11H,4-8H2,1-3H3,(H2,14,15,17). The van der Waals surface area contributed by atoms with Gasteiger partial charge in [0.1, 0.15) is 6.29 Å².